The second-order valence-corrected chi connectivity index (χ2v) is 4.47. The summed E-state index contributed by atoms with van der Waals surface area (Å²) in [4.78, 5) is 10.7. The Labute approximate surface area is 90.2 Å². The second kappa shape index (κ2) is 3.77. The molecule has 0 saturated heterocycles. The minimum atomic E-state index is -0.674. The van der Waals surface area contributed by atoms with Crippen molar-refractivity contribution in [3.63, 3.8) is 0 Å². The van der Waals surface area contributed by atoms with E-state index in [4.69, 9.17) is 9.52 Å². The molecule has 1 saturated carbocycles. The lowest BCUT2D eigenvalue weighted by atomic mass is 9.71. The molecule has 2 unspecified atom stereocenters. The molecule has 1 N–H and O–H groups in total. The maximum atomic E-state index is 10.7. The zero-order valence-electron chi connectivity index (χ0n) is 7.57. The van der Waals surface area contributed by atoms with Gasteiger partial charge in [-0.1, -0.05) is 0 Å². The molecule has 2 atom stereocenters. The zero-order valence-corrected chi connectivity index (χ0v) is 9.16. The molecule has 0 amide bonds. The van der Waals surface area contributed by atoms with Gasteiger partial charge in [0.1, 0.15) is 5.76 Å². The van der Waals surface area contributed by atoms with E-state index < -0.39 is 5.97 Å². The lowest BCUT2D eigenvalue weighted by molar-refractivity contribution is -0.147. The van der Waals surface area contributed by atoms with Crippen LogP contribution in [0.3, 0.4) is 0 Å². The highest BCUT2D eigenvalue weighted by Gasteiger charge is 2.36. The van der Waals surface area contributed by atoms with Crippen molar-refractivity contribution < 1.29 is 14.3 Å². The van der Waals surface area contributed by atoms with Crippen molar-refractivity contribution in [1.82, 2.24) is 0 Å². The first-order valence-electron chi connectivity index (χ1n) is 4.64. The van der Waals surface area contributed by atoms with Gasteiger partial charge < -0.3 is 9.52 Å². The van der Waals surface area contributed by atoms with E-state index in [-0.39, 0.29) is 11.8 Å². The van der Waals surface area contributed by atoms with Crippen LogP contribution in [0.25, 0.3) is 0 Å². The number of carboxylic acids is 1. The third-order valence-electron chi connectivity index (χ3n) is 2.83. The van der Waals surface area contributed by atoms with Gasteiger partial charge >= 0.3 is 5.97 Å². The molecule has 1 aliphatic rings. The van der Waals surface area contributed by atoms with Gasteiger partial charge in [-0.3, -0.25) is 4.79 Å². The molecule has 1 aromatic rings. The summed E-state index contributed by atoms with van der Waals surface area (Å²) in [6.07, 6.45) is 2.54. The van der Waals surface area contributed by atoms with Gasteiger partial charge in [0.05, 0.1) is 5.92 Å². The largest absolute Gasteiger partial charge is 0.481 e. The van der Waals surface area contributed by atoms with Crippen molar-refractivity contribution in [1.29, 1.82) is 0 Å². The van der Waals surface area contributed by atoms with E-state index in [0.717, 1.165) is 25.0 Å². The van der Waals surface area contributed by atoms with Crippen LogP contribution in [-0.4, -0.2) is 11.1 Å². The normalized spacial score (nSPS) is 25.8. The molecule has 14 heavy (non-hydrogen) atoms. The summed E-state index contributed by atoms with van der Waals surface area (Å²) in [5.41, 5.74) is 0. The van der Waals surface area contributed by atoms with Crippen molar-refractivity contribution in [2.75, 3.05) is 0 Å². The average Bonchev–Trinajstić information content (AvgIpc) is 2.44. The van der Waals surface area contributed by atoms with Crippen LogP contribution in [0.15, 0.2) is 21.2 Å². The number of rotatable bonds is 3. The van der Waals surface area contributed by atoms with Crippen molar-refractivity contribution in [3.8, 4) is 0 Å². The number of carboxylic acid groups (broad SMARTS) is 1. The van der Waals surface area contributed by atoms with Crippen LogP contribution in [0, 0.1) is 11.8 Å². The fraction of sp³-hybridized carbons (Fsp3) is 0.500. The highest BCUT2D eigenvalue weighted by molar-refractivity contribution is 9.10. The Kier molecular flexibility index (Phi) is 2.63. The molecule has 0 radical (unpaired) electrons. The van der Waals surface area contributed by atoms with Crippen molar-refractivity contribution >= 4 is 21.9 Å². The molecular weight excluding hydrogens is 248 g/mol. The maximum absolute atomic E-state index is 10.7. The summed E-state index contributed by atoms with van der Waals surface area (Å²) < 4.78 is 6.05. The van der Waals surface area contributed by atoms with Crippen molar-refractivity contribution in [3.05, 3.63) is 22.6 Å². The van der Waals surface area contributed by atoms with Crippen LogP contribution in [0.2, 0.25) is 0 Å². The lowest BCUT2D eigenvalue weighted by Crippen LogP contribution is -2.34. The van der Waals surface area contributed by atoms with E-state index in [0.29, 0.717) is 4.67 Å². The standard InChI is InChI=1S/C10H11BrO3/c11-9-4-2-7(14-9)5-6-1-3-8(6)10(12)13/h2,4,6,8H,1,3,5H2,(H,12,13). The first-order chi connectivity index (χ1) is 6.66. The smallest absolute Gasteiger partial charge is 0.306 e. The molecule has 1 fully saturated rings. The number of hydrogen-bond acceptors (Lipinski definition) is 2. The predicted octanol–water partition coefficient (Wildman–Crippen LogP) is 2.70. The summed E-state index contributed by atoms with van der Waals surface area (Å²) in [6.45, 7) is 0. The molecule has 1 aliphatic carbocycles. The van der Waals surface area contributed by atoms with Crippen LogP contribution >= 0.6 is 15.9 Å². The molecular formula is C10H11BrO3. The van der Waals surface area contributed by atoms with E-state index in [2.05, 4.69) is 15.9 Å². The molecule has 2 rings (SSSR count). The molecule has 0 aliphatic heterocycles. The quantitative estimate of drug-likeness (QED) is 0.907. The summed E-state index contributed by atoms with van der Waals surface area (Å²) >= 11 is 3.22. The SMILES string of the molecule is O=C(O)C1CCC1Cc1ccc(Br)o1. The van der Waals surface area contributed by atoms with Crippen LogP contribution in [0.5, 0.6) is 0 Å². The zero-order chi connectivity index (χ0) is 10.1. The Morgan fingerprint density at radius 2 is 2.36 bits per heavy atom. The Morgan fingerprint density at radius 3 is 2.79 bits per heavy atom. The first-order valence-corrected chi connectivity index (χ1v) is 5.43. The molecule has 76 valence electrons. The van der Waals surface area contributed by atoms with Gasteiger partial charge in [-0.15, -0.1) is 0 Å². The number of carbonyl (C=O) groups is 1. The van der Waals surface area contributed by atoms with E-state index in [1.807, 2.05) is 12.1 Å². The summed E-state index contributed by atoms with van der Waals surface area (Å²) in [5.74, 6) is 0.282. The highest BCUT2D eigenvalue weighted by atomic mass is 79.9. The third kappa shape index (κ3) is 1.85. The van der Waals surface area contributed by atoms with E-state index in [1.54, 1.807) is 0 Å². The molecule has 0 aromatic carbocycles. The van der Waals surface area contributed by atoms with E-state index in [9.17, 15) is 4.79 Å². The fourth-order valence-corrected chi connectivity index (χ4v) is 2.20. The van der Waals surface area contributed by atoms with Crippen LogP contribution in [0.4, 0.5) is 0 Å². The fourth-order valence-electron chi connectivity index (χ4n) is 1.86. The second-order valence-electron chi connectivity index (χ2n) is 3.69. The lowest BCUT2D eigenvalue weighted by Gasteiger charge is -2.32. The topological polar surface area (TPSA) is 50.4 Å². The molecule has 0 spiro atoms. The maximum Gasteiger partial charge on any atom is 0.306 e. The number of hydrogen-bond donors (Lipinski definition) is 1. The number of halogens is 1. The minimum Gasteiger partial charge on any atom is -0.481 e. The van der Waals surface area contributed by atoms with Crippen LogP contribution < -0.4 is 0 Å². The Bertz CT molecular complexity index is 345. The molecule has 4 heteroatoms. The summed E-state index contributed by atoms with van der Waals surface area (Å²) in [5, 5.41) is 8.85. The van der Waals surface area contributed by atoms with Crippen LogP contribution in [-0.2, 0) is 11.2 Å². The number of furan rings is 1. The van der Waals surface area contributed by atoms with Gasteiger partial charge in [0.2, 0.25) is 0 Å². The predicted molar refractivity (Wildman–Crippen MR) is 54.0 cm³/mol. The van der Waals surface area contributed by atoms with Crippen LogP contribution in [0.1, 0.15) is 18.6 Å². The monoisotopic (exact) mass is 258 g/mol. The molecule has 1 heterocycles. The Balaban J connectivity index is 1.95. The number of aliphatic carboxylic acids is 1. The highest BCUT2D eigenvalue weighted by Crippen LogP contribution is 2.37. The summed E-state index contributed by atoms with van der Waals surface area (Å²) in [6, 6.07) is 3.73. The van der Waals surface area contributed by atoms with Crippen molar-refractivity contribution in [2.45, 2.75) is 19.3 Å². The van der Waals surface area contributed by atoms with Gasteiger partial charge in [0.15, 0.2) is 4.67 Å². The summed E-state index contributed by atoms with van der Waals surface area (Å²) in [7, 11) is 0. The van der Waals surface area contributed by atoms with E-state index in [1.165, 1.54) is 0 Å². The van der Waals surface area contributed by atoms with Gasteiger partial charge in [-0.05, 0) is 46.8 Å². The molecule has 0 bridgehead atoms. The van der Waals surface area contributed by atoms with E-state index >= 15 is 0 Å². The van der Waals surface area contributed by atoms with Gasteiger partial charge in [0.25, 0.3) is 0 Å². The van der Waals surface area contributed by atoms with Crippen molar-refractivity contribution in [2.24, 2.45) is 11.8 Å². The van der Waals surface area contributed by atoms with Gasteiger partial charge in [0, 0.05) is 6.42 Å². The minimum absolute atomic E-state index is 0.168. The first kappa shape index (κ1) is 9.77. The average molecular weight is 259 g/mol. The Hall–Kier alpha value is -0.770. The van der Waals surface area contributed by atoms with Gasteiger partial charge in [-0.25, -0.2) is 0 Å². The van der Waals surface area contributed by atoms with Gasteiger partial charge in [-0.2, -0.15) is 0 Å². The molecule has 3 nitrogen and oxygen atoms in total. The third-order valence-corrected chi connectivity index (χ3v) is 3.25. The Morgan fingerprint density at radius 1 is 1.57 bits per heavy atom. The molecule has 1 aromatic heterocycles.